The molecule has 1 heteroatoms. The molecule has 0 unspecified atom stereocenters. The van der Waals surface area contributed by atoms with Crippen LogP contribution in [-0.2, 0) is 0 Å². The second-order valence-electron chi connectivity index (χ2n) is 4.00. The molecule has 0 aromatic rings. The van der Waals surface area contributed by atoms with Crippen LogP contribution in [0, 0.1) is 0 Å². The molecule has 0 aromatic heterocycles. The smallest absolute Gasteiger partial charge is 0.0976 e. The third-order valence-corrected chi connectivity index (χ3v) is 2.97. The average molecular weight is 180 g/mol. The monoisotopic (exact) mass is 180 g/mol. The Morgan fingerprint density at radius 3 is 1.77 bits per heavy atom. The van der Waals surface area contributed by atoms with Crippen LogP contribution in [0.1, 0.15) is 26.7 Å². The summed E-state index contributed by atoms with van der Waals surface area (Å²) in [6.07, 6.45) is 11.8. The molecule has 13 heavy (non-hydrogen) atoms. The minimum Gasteiger partial charge on any atom is -0.317 e. The fourth-order valence-corrected chi connectivity index (χ4v) is 2.10. The topological polar surface area (TPSA) is 0 Å². The van der Waals surface area contributed by atoms with Gasteiger partial charge in [0.2, 0.25) is 0 Å². The normalized spacial score (nSPS) is 22.0. The molecule has 1 fully saturated rings. The van der Waals surface area contributed by atoms with Crippen molar-refractivity contribution < 1.29 is 4.48 Å². The van der Waals surface area contributed by atoms with Crippen LogP contribution in [0.15, 0.2) is 24.3 Å². The first kappa shape index (κ1) is 10.5. The highest BCUT2D eigenvalue weighted by Crippen LogP contribution is 2.19. The Morgan fingerprint density at radius 1 is 0.923 bits per heavy atom. The maximum atomic E-state index is 2.31. The van der Waals surface area contributed by atoms with E-state index in [1.807, 2.05) is 0 Å². The van der Waals surface area contributed by atoms with E-state index in [0.717, 1.165) is 0 Å². The van der Waals surface area contributed by atoms with Crippen LogP contribution in [0.4, 0.5) is 0 Å². The van der Waals surface area contributed by atoms with Gasteiger partial charge >= 0.3 is 0 Å². The van der Waals surface area contributed by atoms with Gasteiger partial charge in [-0.25, -0.2) is 0 Å². The SMILES string of the molecule is CC=CC[N+]1(CC=CC)CCCC1. The summed E-state index contributed by atoms with van der Waals surface area (Å²) in [6.45, 7) is 9.41. The molecule has 0 atom stereocenters. The molecule has 0 aliphatic carbocycles. The van der Waals surface area contributed by atoms with Crippen LogP contribution in [0.25, 0.3) is 0 Å². The van der Waals surface area contributed by atoms with Gasteiger partial charge < -0.3 is 4.48 Å². The number of hydrogen-bond donors (Lipinski definition) is 0. The number of allylic oxidation sites excluding steroid dienone is 2. The highest BCUT2D eigenvalue weighted by molar-refractivity contribution is 4.82. The fourth-order valence-electron chi connectivity index (χ4n) is 2.10. The summed E-state index contributed by atoms with van der Waals surface area (Å²) in [5.41, 5.74) is 0. The first-order valence-corrected chi connectivity index (χ1v) is 5.40. The van der Waals surface area contributed by atoms with E-state index in [9.17, 15) is 0 Å². The quantitative estimate of drug-likeness (QED) is 0.461. The van der Waals surface area contributed by atoms with E-state index in [4.69, 9.17) is 0 Å². The highest BCUT2D eigenvalue weighted by Gasteiger charge is 2.28. The van der Waals surface area contributed by atoms with Crippen LogP contribution in [0.2, 0.25) is 0 Å². The molecule has 0 radical (unpaired) electrons. The lowest BCUT2D eigenvalue weighted by Gasteiger charge is -2.32. The Bertz CT molecular complexity index is 169. The second-order valence-corrected chi connectivity index (χ2v) is 4.00. The van der Waals surface area contributed by atoms with E-state index in [-0.39, 0.29) is 0 Å². The lowest BCUT2D eigenvalue weighted by molar-refractivity contribution is -0.905. The molecule has 0 bridgehead atoms. The molecule has 1 nitrogen and oxygen atoms in total. The lowest BCUT2D eigenvalue weighted by Crippen LogP contribution is -2.45. The maximum Gasteiger partial charge on any atom is 0.0976 e. The lowest BCUT2D eigenvalue weighted by atomic mass is 10.3. The van der Waals surface area contributed by atoms with Crippen LogP contribution in [-0.4, -0.2) is 30.7 Å². The maximum absolute atomic E-state index is 2.31. The molecular weight excluding hydrogens is 158 g/mol. The summed E-state index contributed by atoms with van der Waals surface area (Å²) >= 11 is 0. The zero-order chi connectivity index (χ0) is 9.57. The molecular formula is C12H22N+. The molecule has 0 aromatic carbocycles. The number of hydrogen-bond acceptors (Lipinski definition) is 0. The van der Waals surface area contributed by atoms with E-state index in [2.05, 4.69) is 38.2 Å². The fraction of sp³-hybridized carbons (Fsp3) is 0.667. The summed E-state index contributed by atoms with van der Waals surface area (Å²) in [5, 5.41) is 0. The van der Waals surface area contributed by atoms with E-state index in [0.29, 0.717) is 0 Å². The van der Waals surface area contributed by atoms with Gasteiger partial charge in [0.1, 0.15) is 0 Å². The predicted molar refractivity (Wildman–Crippen MR) is 58.6 cm³/mol. The standard InChI is InChI=1S/C12H22N/c1-3-5-9-13(10-6-4-2)11-7-8-12-13/h3-6H,7-12H2,1-2H3/q+1. The molecule has 74 valence electrons. The van der Waals surface area contributed by atoms with Crippen molar-refractivity contribution in [2.45, 2.75) is 26.7 Å². The van der Waals surface area contributed by atoms with Crippen molar-refractivity contribution in [3.05, 3.63) is 24.3 Å². The minimum atomic E-state index is 1.22. The summed E-state index contributed by atoms with van der Waals surface area (Å²) in [7, 11) is 0. The molecule has 1 saturated heterocycles. The van der Waals surface area contributed by atoms with Gasteiger partial charge in [-0.05, 0) is 26.0 Å². The molecule has 0 saturated carbocycles. The molecule has 1 rings (SSSR count). The van der Waals surface area contributed by atoms with Crippen molar-refractivity contribution in [2.24, 2.45) is 0 Å². The Labute approximate surface area is 82.3 Å². The summed E-state index contributed by atoms with van der Waals surface area (Å²) in [6, 6.07) is 0. The molecule has 1 aliphatic rings. The zero-order valence-corrected chi connectivity index (χ0v) is 9.00. The van der Waals surface area contributed by atoms with Gasteiger partial charge in [-0.15, -0.1) is 0 Å². The summed E-state index contributed by atoms with van der Waals surface area (Å²) in [5.74, 6) is 0. The Balaban J connectivity index is 2.52. The number of quaternary nitrogens is 1. The molecule has 1 heterocycles. The van der Waals surface area contributed by atoms with Gasteiger partial charge in [-0.1, -0.05) is 12.2 Å². The van der Waals surface area contributed by atoms with E-state index < -0.39 is 0 Å². The predicted octanol–water partition coefficient (Wildman–Crippen LogP) is 2.75. The van der Waals surface area contributed by atoms with Crippen LogP contribution in [0.3, 0.4) is 0 Å². The van der Waals surface area contributed by atoms with Gasteiger partial charge in [-0.2, -0.15) is 0 Å². The van der Waals surface area contributed by atoms with Crippen molar-refractivity contribution in [1.29, 1.82) is 0 Å². The van der Waals surface area contributed by atoms with Crippen LogP contribution < -0.4 is 0 Å². The molecule has 0 spiro atoms. The number of likely N-dealkylation sites (tertiary alicyclic amines) is 1. The van der Waals surface area contributed by atoms with Crippen molar-refractivity contribution in [3.63, 3.8) is 0 Å². The van der Waals surface area contributed by atoms with E-state index in [1.165, 1.54) is 43.5 Å². The Kier molecular flexibility index (Phi) is 4.23. The molecule has 0 amide bonds. The van der Waals surface area contributed by atoms with Crippen molar-refractivity contribution in [1.82, 2.24) is 0 Å². The van der Waals surface area contributed by atoms with Gasteiger partial charge in [0.05, 0.1) is 26.2 Å². The average Bonchev–Trinajstić information content (AvgIpc) is 2.61. The Morgan fingerprint density at radius 2 is 1.38 bits per heavy atom. The number of rotatable bonds is 4. The highest BCUT2D eigenvalue weighted by atomic mass is 15.4. The first-order valence-electron chi connectivity index (χ1n) is 5.40. The van der Waals surface area contributed by atoms with Crippen LogP contribution in [0.5, 0.6) is 0 Å². The first-order chi connectivity index (χ1) is 6.33. The third kappa shape index (κ3) is 3.00. The van der Waals surface area contributed by atoms with Gasteiger partial charge in [0, 0.05) is 12.8 Å². The molecule has 1 aliphatic heterocycles. The summed E-state index contributed by atoms with van der Waals surface area (Å²) < 4.78 is 1.29. The summed E-state index contributed by atoms with van der Waals surface area (Å²) in [4.78, 5) is 0. The third-order valence-electron chi connectivity index (χ3n) is 2.97. The van der Waals surface area contributed by atoms with Gasteiger partial charge in [0.15, 0.2) is 0 Å². The largest absolute Gasteiger partial charge is 0.317 e. The van der Waals surface area contributed by atoms with Crippen molar-refractivity contribution in [3.8, 4) is 0 Å². The Hall–Kier alpha value is -0.560. The molecule has 0 N–H and O–H groups in total. The van der Waals surface area contributed by atoms with Crippen molar-refractivity contribution >= 4 is 0 Å². The van der Waals surface area contributed by atoms with Gasteiger partial charge in [0.25, 0.3) is 0 Å². The van der Waals surface area contributed by atoms with Gasteiger partial charge in [-0.3, -0.25) is 0 Å². The zero-order valence-electron chi connectivity index (χ0n) is 9.00. The van der Waals surface area contributed by atoms with Crippen molar-refractivity contribution in [2.75, 3.05) is 26.2 Å². The van der Waals surface area contributed by atoms with E-state index >= 15 is 0 Å². The van der Waals surface area contributed by atoms with Crippen LogP contribution >= 0.6 is 0 Å². The minimum absolute atomic E-state index is 1.22. The number of nitrogens with zero attached hydrogens (tertiary/aromatic N) is 1. The van der Waals surface area contributed by atoms with E-state index in [1.54, 1.807) is 0 Å². The second kappa shape index (κ2) is 5.23.